The van der Waals surface area contributed by atoms with Crippen molar-refractivity contribution in [3.05, 3.63) is 71.8 Å². The average molecular weight is 706 g/mol. The van der Waals surface area contributed by atoms with E-state index in [0.29, 0.717) is 11.1 Å². The minimum Gasteiger partial charge on any atom is -0.467 e. The van der Waals surface area contributed by atoms with Gasteiger partial charge in [0.05, 0.1) is 7.11 Å². The van der Waals surface area contributed by atoms with E-state index in [4.69, 9.17) is 0 Å². The molecule has 0 aliphatic carbocycles. The molecule has 0 aliphatic heterocycles. The Hall–Kier alpha value is -4.95. The molecule has 5 N–H and O–H groups in total. The van der Waals surface area contributed by atoms with Crippen LogP contribution in [0.2, 0.25) is 0 Å². The van der Waals surface area contributed by atoms with Gasteiger partial charge in [-0.2, -0.15) is 13.2 Å². The van der Waals surface area contributed by atoms with Gasteiger partial charge in [-0.05, 0) is 36.3 Å². The fourth-order valence-electron chi connectivity index (χ4n) is 4.93. The van der Waals surface area contributed by atoms with Crippen LogP contribution in [0.4, 0.5) is 13.2 Å². The number of esters is 1. The molecule has 0 fully saturated rings. The van der Waals surface area contributed by atoms with Crippen molar-refractivity contribution in [3.63, 3.8) is 0 Å². The normalized spacial score (nSPS) is 14.4. The molecule has 0 spiro atoms. The molecule has 0 saturated carbocycles. The van der Waals surface area contributed by atoms with Gasteiger partial charge in [0.15, 0.2) is 0 Å². The van der Waals surface area contributed by atoms with Crippen molar-refractivity contribution in [3.8, 4) is 0 Å². The first kappa shape index (κ1) is 41.2. The lowest BCUT2D eigenvalue weighted by Gasteiger charge is -2.29. The van der Waals surface area contributed by atoms with E-state index in [2.05, 4.69) is 26.0 Å². The van der Waals surface area contributed by atoms with Gasteiger partial charge in [-0.25, -0.2) is 4.79 Å². The van der Waals surface area contributed by atoms with Gasteiger partial charge in [0.25, 0.3) is 0 Å². The zero-order valence-corrected chi connectivity index (χ0v) is 28.9. The van der Waals surface area contributed by atoms with Crippen LogP contribution in [0.5, 0.6) is 0 Å². The number of alkyl halides is 3. The second-order valence-corrected chi connectivity index (χ2v) is 12.6. The predicted molar refractivity (Wildman–Crippen MR) is 178 cm³/mol. The lowest BCUT2D eigenvalue weighted by molar-refractivity contribution is -0.175. The first-order valence-electron chi connectivity index (χ1n) is 16.2. The molecule has 274 valence electrons. The van der Waals surface area contributed by atoms with Gasteiger partial charge in [-0.1, -0.05) is 88.4 Å². The number of halogens is 3. The second-order valence-electron chi connectivity index (χ2n) is 12.6. The van der Waals surface area contributed by atoms with Crippen molar-refractivity contribution < 1.29 is 46.7 Å². The largest absolute Gasteiger partial charge is 0.471 e. The molecule has 50 heavy (non-hydrogen) atoms. The highest BCUT2D eigenvalue weighted by Gasteiger charge is 2.41. The zero-order valence-electron chi connectivity index (χ0n) is 28.9. The maximum Gasteiger partial charge on any atom is 0.471 e. The first-order chi connectivity index (χ1) is 23.4. The maximum atomic E-state index is 13.9. The van der Waals surface area contributed by atoms with Crippen LogP contribution in [-0.2, 0) is 46.3 Å². The molecule has 0 aliphatic rings. The number of carbonyl (C=O) groups excluding carboxylic acids is 6. The monoisotopic (exact) mass is 705 g/mol. The molecule has 2 rings (SSSR count). The minimum atomic E-state index is -5.23. The molecule has 5 amide bonds. The zero-order chi connectivity index (χ0) is 37.6. The number of hydrogen-bond donors (Lipinski definition) is 5. The van der Waals surface area contributed by atoms with Crippen LogP contribution in [0, 0.1) is 11.8 Å². The number of hydrogen-bond acceptors (Lipinski definition) is 7. The SMILES string of the molecule is COC(=O)[C@H](C)NC(=O)[C@H](Cc1ccccc1)NC(=O)[C@H](Cc1ccccc1)NC(=O)[C@@H](NC(=O)[C@H](CC(C)C)NC(=O)C(F)(F)F)C(C)C. The molecule has 0 aromatic heterocycles. The number of benzene rings is 2. The first-order valence-corrected chi connectivity index (χ1v) is 16.2. The molecule has 0 radical (unpaired) electrons. The van der Waals surface area contributed by atoms with Crippen molar-refractivity contribution in [2.45, 2.75) is 90.3 Å². The molecular formula is C35H46F3N5O7. The van der Waals surface area contributed by atoms with Gasteiger partial charge in [-0.15, -0.1) is 0 Å². The van der Waals surface area contributed by atoms with Crippen molar-refractivity contribution in [1.82, 2.24) is 26.6 Å². The molecule has 0 bridgehead atoms. The van der Waals surface area contributed by atoms with E-state index in [9.17, 15) is 41.9 Å². The highest BCUT2D eigenvalue weighted by atomic mass is 19.4. The van der Waals surface area contributed by atoms with Crippen molar-refractivity contribution >= 4 is 35.5 Å². The Kier molecular flexibility index (Phi) is 15.9. The summed E-state index contributed by atoms with van der Waals surface area (Å²) in [7, 11) is 1.17. The number of rotatable bonds is 17. The van der Waals surface area contributed by atoms with E-state index in [1.54, 1.807) is 93.7 Å². The van der Waals surface area contributed by atoms with E-state index in [-0.39, 0.29) is 25.2 Å². The van der Waals surface area contributed by atoms with Crippen LogP contribution in [0.15, 0.2) is 60.7 Å². The summed E-state index contributed by atoms with van der Waals surface area (Å²) >= 11 is 0. The molecule has 0 saturated heterocycles. The Morgan fingerprint density at radius 1 is 0.620 bits per heavy atom. The topological polar surface area (TPSA) is 172 Å². The summed E-state index contributed by atoms with van der Waals surface area (Å²) in [4.78, 5) is 77.8. The van der Waals surface area contributed by atoms with E-state index < -0.39 is 77.8 Å². The fraction of sp³-hybridized carbons (Fsp3) is 0.486. The Morgan fingerprint density at radius 3 is 1.48 bits per heavy atom. The molecule has 12 nitrogen and oxygen atoms in total. The Balaban J connectivity index is 2.38. The van der Waals surface area contributed by atoms with Crippen LogP contribution in [0.25, 0.3) is 0 Å². The van der Waals surface area contributed by atoms with E-state index in [1.807, 2.05) is 0 Å². The predicted octanol–water partition coefficient (Wildman–Crippen LogP) is 2.35. The number of carbonyl (C=O) groups is 6. The summed E-state index contributed by atoms with van der Waals surface area (Å²) in [6.45, 7) is 7.91. The van der Waals surface area contributed by atoms with Crippen molar-refractivity contribution in [1.29, 1.82) is 0 Å². The highest BCUT2D eigenvalue weighted by Crippen LogP contribution is 2.17. The molecule has 0 heterocycles. The Labute approximate surface area is 289 Å². The quantitative estimate of drug-likeness (QED) is 0.157. The van der Waals surface area contributed by atoms with E-state index >= 15 is 0 Å². The van der Waals surface area contributed by atoms with Crippen molar-refractivity contribution in [2.75, 3.05) is 7.11 Å². The fourth-order valence-corrected chi connectivity index (χ4v) is 4.93. The third-order valence-corrected chi connectivity index (χ3v) is 7.58. The Bertz CT molecular complexity index is 1460. The van der Waals surface area contributed by atoms with Gasteiger partial charge in [-0.3, -0.25) is 24.0 Å². The van der Waals surface area contributed by atoms with Gasteiger partial charge in [0.1, 0.15) is 30.2 Å². The number of methoxy groups -OCH3 is 1. The standard InChI is InChI=1S/C35H46F3N5O7/c1-20(2)17-25(42-34(49)35(36,37)38)31(46)43-28(21(3)4)32(47)41-27(19-24-15-11-8-12-16-24)30(45)40-26(18-23-13-9-7-10-14-23)29(44)39-22(5)33(48)50-6/h7-16,20-22,25-28H,17-19H2,1-6H3,(H,39,44)(H,40,45)(H,41,47)(H,42,49)(H,43,46)/t22-,25-,26-,27-,28-/m0/s1. The van der Waals surface area contributed by atoms with Crippen LogP contribution < -0.4 is 26.6 Å². The summed E-state index contributed by atoms with van der Waals surface area (Å²) < 4.78 is 43.7. The van der Waals surface area contributed by atoms with Crippen LogP contribution in [0.1, 0.15) is 52.2 Å². The summed E-state index contributed by atoms with van der Waals surface area (Å²) in [5.74, 6) is -7.16. The molecule has 5 atom stereocenters. The summed E-state index contributed by atoms with van der Waals surface area (Å²) in [6.07, 6.45) is -5.37. The molecular weight excluding hydrogens is 659 g/mol. The van der Waals surface area contributed by atoms with Crippen LogP contribution in [-0.4, -0.2) is 79.0 Å². The molecule has 2 aromatic rings. The summed E-state index contributed by atoms with van der Waals surface area (Å²) in [6, 6.07) is 11.0. The smallest absolute Gasteiger partial charge is 0.467 e. The second kappa shape index (κ2) is 19.3. The number of ether oxygens (including phenoxy) is 1. The summed E-state index contributed by atoms with van der Waals surface area (Å²) in [5.41, 5.74) is 1.34. The van der Waals surface area contributed by atoms with Gasteiger partial charge in [0.2, 0.25) is 23.6 Å². The lowest BCUT2D eigenvalue weighted by atomic mass is 9.98. The van der Waals surface area contributed by atoms with E-state index in [1.165, 1.54) is 14.0 Å². The molecule has 15 heteroatoms. The molecule has 2 aromatic carbocycles. The average Bonchev–Trinajstić information content (AvgIpc) is 3.05. The van der Waals surface area contributed by atoms with Crippen LogP contribution in [0.3, 0.4) is 0 Å². The third-order valence-electron chi connectivity index (χ3n) is 7.58. The Morgan fingerprint density at radius 2 is 1.06 bits per heavy atom. The number of amides is 5. The molecule has 0 unspecified atom stereocenters. The van der Waals surface area contributed by atoms with Gasteiger partial charge < -0.3 is 31.3 Å². The van der Waals surface area contributed by atoms with E-state index in [0.717, 1.165) is 0 Å². The van der Waals surface area contributed by atoms with Crippen LogP contribution >= 0.6 is 0 Å². The third kappa shape index (κ3) is 13.5. The highest BCUT2D eigenvalue weighted by molar-refractivity contribution is 5.96. The number of nitrogens with one attached hydrogen (secondary N) is 5. The summed E-state index contributed by atoms with van der Waals surface area (Å²) in [5, 5.41) is 12.0. The van der Waals surface area contributed by atoms with Gasteiger partial charge >= 0.3 is 18.1 Å². The lowest BCUT2D eigenvalue weighted by Crippen LogP contribution is -2.60. The van der Waals surface area contributed by atoms with Gasteiger partial charge in [0, 0.05) is 12.8 Å². The minimum absolute atomic E-state index is 0.0316. The van der Waals surface area contributed by atoms with Crippen molar-refractivity contribution in [2.24, 2.45) is 11.8 Å². The maximum absolute atomic E-state index is 13.9.